The number of aromatic nitrogens is 1. The quantitative estimate of drug-likeness (QED) is 0.770. The fourth-order valence-corrected chi connectivity index (χ4v) is 1.74. The van der Waals surface area contributed by atoms with Gasteiger partial charge >= 0.3 is 0 Å². The van der Waals surface area contributed by atoms with Crippen LogP contribution < -0.4 is 16.0 Å². The predicted molar refractivity (Wildman–Crippen MR) is 58.9 cm³/mol. The summed E-state index contributed by atoms with van der Waals surface area (Å²) in [5.41, 5.74) is 5.62. The molecular formula is C8H14N4OS. The smallest absolute Gasteiger partial charge is 0.265 e. The van der Waals surface area contributed by atoms with E-state index < -0.39 is 0 Å². The van der Waals surface area contributed by atoms with E-state index in [4.69, 9.17) is 5.73 Å². The number of rotatable bonds is 3. The normalized spacial score (nSPS) is 9.93. The minimum atomic E-state index is -0.157. The molecule has 0 bridgehead atoms. The first-order valence-corrected chi connectivity index (χ1v) is 5.09. The van der Waals surface area contributed by atoms with Gasteiger partial charge in [-0.3, -0.25) is 4.79 Å². The van der Waals surface area contributed by atoms with Crippen LogP contribution in [0, 0.1) is 0 Å². The lowest BCUT2D eigenvalue weighted by Gasteiger charge is -2.04. The summed E-state index contributed by atoms with van der Waals surface area (Å²) >= 11 is 1.29. The van der Waals surface area contributed by atoms with E-state index >= 15 is 0 Å². The molecule has 0 atom stereocenters. The summed E-state index contributed by atoms with van der Waals surface area (Å²) < 4.78 is 0. The van der Waals surface area contributed by atoms with Crippen molar-refractivity contribution in [1.82, 2.24) is 10.3 Å². The molecule has 0 aromatic carbocycles. The molecule has 0 spiro atoms. The Bertz CT molecular complexity index is 334. The van der Waals surface area contributed by atoms with Gasteiger partial charge in [0.15, 0.2) is 5.13 Å². The second-order valence-corrected chi connectivity index (χ2v) is 3.94. The highest BCUT2D eigenvalue weighted by atomic mass is 32.1. The molecule has 0 aliphatic heterocycles. The Hall–Kier alpha value is -1.30. The summed E-state index contributed by atoms with van der Waals surface area (Å²) in [6, 6.07) is 0. The number of nitrogen functional groups attached to an aromatic ring is 1. The number of carbonyl (C=O) groups excluding carboxylic acids is 1. The standard InChI is InChI=1S/C8H14N4OS/c1-4-10-7(13)5-6(9)11-8(14-5)12(2)3/h4,9H2,1-3H3,(H,10,13). The Morgan fingerprint density at radius 3 is 2.71 bits per heavy atom. The molecule has 1 amide bonds. The molecule has 1 heterocycles. The molecule has 0 saturated heterocycles. The van der Waals surface area contributed by atoms with Gasteiger partial charge in [0.2, 0.25) is 0 Å². The van der Waals surface area contributed by atoms with Gasteiger partial charge in [-0.1, -0.05) is 11.3 Å². The molecule has 6 heteroatoms. The molecule has 3 N–H and O–H groups in total. The highest BCUT2D eigenvalue weighted by molar-refractivity contribution is 7.18. The lowest BCUT2D eigenvalue weighted by Crippen LogP contribution is -2.22. The summed E-state index contributed by atoms with van der Waals surface area (Å²) in [6.07, 6.45) is 0. The van der Waals surface area contributed by atoms with Crippen LogP contribution in [0.25, 0.3) is 0 Å². The van der Waals surface area contributed by atoms with Crippen molar-refractivity contribution in [2.24, 2.45) is 0 Å². The van der Waals surface area contributed by atoms with Gasteiger partial charge in [-0.25, -0.2) is 4.98 Å². The van der Waals surface area contributed by atoms with E-state index in [0.717, 1.165) is 5.13 Å². The number of hydrogen-bond acceptors (Lipinski definition) is 5. The molecule has 0 aliphatic carbocycles. The van der Waals surface area contributed by atoms with Gasteiger partial charge in [0.25, 0.3) is 5.91 Å². The number of amides is 1. The summed E-state index contributed by atoms with van der Waals surface area (Å²) in [4.78, 5) is 17.8. The number of thiazole rings is 1. The molecule has 0 saturated carbocycles. The van der Waals surface area contributed by atoms with E-state index in [9.17, 15) is 4.79 Å². The van der Waals surface area contributed by atoms with Crippen molar-refractivity contribution in [2.75, 3.05) is 31.3 Å². The lowest BCUT2D eigenvalue weighted by atomic mass is 10.4. The summed E-state index contributed by atoms with van der Waals surface area (Å²) in [7, 11) is 3.72. The first-order valence-electron chi connectivity index (χ1n) is 4.28. The van der Waals surface area contributed by atoms with Crippen molar-refractivity contribution >= 4 is 28.2 Å². The third-order valence-electron chi connectivity index (χ3n) is 1.57. The molecule has 5 nitrogen and oxygen atoms in total. The summed E-state index contributed by atoms with van der Waals surface area (Å²) in [5, 5.41) is 3.43. The van der Waals surface area contributed by atoms with E-state index in [1.807, 2.05) is 25.9 Å². The molecule has 0 aliphatic rings. The zero-order valence-electron chi connectivity index (χ0n) is 8.50. The first-order chi connectivity index (χ1) is 6.56. The number of nitrogens with two attached hydrogens (primary N) is 1. The average Bonchev–Trinajstić information content (AvgIpc) is 2.48. The number of nitrogens with zero attached hydrogens (tertiary/aromatic N) is 2. The number of hydrogen-bond donors (Lipinski definition) is 2. The third-order valence-corrected chi connectivity index (χ3v) is 2.81. The van der Waals surface area contributed by atoms with Crippen molar-refractivity contribution in [2.45, 2.75) is 6.92 Å². The van der Waals surface area contributed by atoms with Crippen molar-refractivity contribution in [3.8, 4) is 0 Å². The van der Waals surface area contributed by atoms with E-state index in [2.05, 4.69) is 10.3 Å². The van der Waals surface area contributed by atoms with E-state index in [1.54, 1.807) is 0 Å². The Morgan fingerprint density at radius 1 is 1.64 bits per heavy atom. The minimum absolute atomic E-state index is 0.157. The van der Waals surface area contributed by atoms with Gasteiger partial charge in [0.05, 0.1) is 0 Å². The van der Waals surface area contributed by atoms with E-state index in [-0.39, 0.29) is 5.91 Å². The van der Waals surface area contributed by atoms with Crippen LogP contribution in [0.3, 0.4) is 0 Å². The monoisotopic (exact) mass is 214 g/mol. The van der Waals surface area contributed by atoms with Gasteiger partial charge in [0, 0.05) is 20.6 Å². The second kappa shape index (κ2) is 4.28. The van der Waals surface area contributed by atoms with Gasteiger partial charge in [-0.05, 0) is 6.92 Å². The maximum Gasteiger partial charge on any atom is 0.265 e. The van der Waals surface area contributed by atoms with Crippen LogP contribution in [0.1, 0.15) is 16.6 Å². The van der Waals surface area contributed by atoms with Crippen molar-refractivity contribution in [3.05, 3.63) is 4.88 Å². The average molecular weight is 214 g/mol. The van der Waals surface area contributed by atoms with Gasteiger partial charge in [-0.15, -0.1) is 0 Å². The zero-order valence-corrected chi connectivity index (χ0v) is 9.31. The molecule has 0 fully saturated rings. The van der Waals surface area contributed by atoms with Crippen LogP contribution in [0.5, 0.6) is 0 Å². The Morgan fingerprint density at radius 2 is 2.29 bits per heavy atom. The van der Waals surface area contributed by atoms with Gasteiger partial charge in [0.1, 0.15) is 10.7 Å². The predicted octanol–water partition coefficient (Wildman–Crippen LogP) is 0.541. The Balaban J connectivity index is 2.92. The minimum Gasteiger partial charge on any atom is -0.382 e. The Labute approximate surface area is 86.9 Å². The van der Waals surface area contributed by atoms with Gasteiger partial charge < -0.3 is 16.0 Å². The number of carbonyl (C=O) groups is 1. The molecule has 0 unspecified atom stereocenters. The van der Waals surface area contributed by atoms with Crippen LogP contribution in [0.4, 0.5) is 10.9 Å². The van der Waals surface area contributed by atoms with Crippen molar-refractivity contribution in [3.63, 3.8) is 0 Å². The second-order valence-electron chi connectivity index (χ2n) is 2.96. The topological polar surface area (TPSA) is 71.2 Å². The molecular weight excluding hydrogens is 200 g/mol. The van der Waals surface area contributed by atoms with Gasteiger partial charge in [-0.2, -0.15) is 0 Å². The van der Waals surface area contributed by atoms with Crippen LogP contribution in [0.15, 0.2) is 0 Å². The van der Waals surface area contributed by atoms with Crippen molar-refractivity contribution in [1.29, 1.82) is 0 Å². The summed E-state index contributed by atoms with van der Waals surface area (Å²) in [6.45, 7) is 2.45. The highest BCUT2D eigenvalue weighted by Crippen LogP contribution is 2.26. The maximum absolute atomic E-state index is 11.5. The third kappa shape index (κ3) is 2.14. The van der Waals surface area contributed by atoms with E-state index in [0.29, 0.717) is 17.2 Å². The van der Waals surface area contributed by atoms with Crippen molar-refractivity contribution < 1.29 is 4.79 Å². The Kier molecular flexibility index (Phi) is 3.29. The fourth-order valence-electron chi connectivity index (χ4n) is 0.915. The SMILES string of the molecule is CCNC(=O)c1sc(N(C)C)nc1N. The fraction of sp³-hybridized carbons (Fsp3) is 0.500. The molecule has 0 radical (unpaired) electrons. The van der Waals surface area contributed by atoms with Crippen LogP contribution in [-0.4, -0.2) is 31.5 Å². The van der Waals surface area contributed by atoms with Crippen LogP contribution in [-0.2, 0) is 0 Å². The lowest BCUT2D eigenvalue weighted by molar-refractivity contribution is 0.0960. The molecule has 1 aromatic heterocycles. The molecule has 78 valence electrons. The zero-order chi connectivity index (χ0) is 10.7. The molecule has 1 rings (SSSR count). The molecule has 1 aromatic rings. The number of nitrogens with one attached hydrogen (secondary N) is 1. The highest BCUT2D eigenvalue weighted by Gasteiger charge is 2.15. The largest absolute Gasteiger partial charge is 0.382 e. The first kappa shape index (κ1) is 10.8. The molecule has 14 heavy (non-hydrogen) atoms. The summed E-state index contributed by atoms with van der Waals surface area (Å²) in [5.74, 6) is 0.139. The number of anilines is 2. The maximum atomic E-state index is 11.5. The van der Waals surface area contributed by atoms with E-state index in [1.165, 1.54) is 11.3 Å². The van der Waals surface area contributed by atoms with Crippen LogP contribution >= 0.6 is 11.3 Å². The van der Waals surface area contributed by atoms with Crippen LogP contribution in [0.2, 0.25) is 0 Å².